The monoisotopic (exact) mass is 349 g/mol. The van der Waals surface area contributed by atoms with Crippen molar-refractivity contribution in [2.45, 2.75) is 13.5 Å². The standard InChI is InChI=1S/C19H19N5O2/c1-12-22-19-16(23(12)9-13-10-26-11-13)7-14(8-20-19)15-4-6-24-18(15)17(25-2)3-5-21-24/h3-8,13H,9-11H2,1-2H3. The zero-order valence-electron chi connectivity index (χ0n) is 14.7. The molecule has 0 unspecified atom stereocenters. The van der Waals surface area contributed by atoms with Crippen LogP contribution in [0, 0.1) is 12.8 Å². The molecule has 7 heteroatoms. The molecule has 0 N–H and O–H groups in total. The van der Waals surface area contributed by atoms with Gasteiger partial charge in [-0.15, -0.1) is 0 Å². The number of ether oxygens (including phenoxy) is 2. The molecule has 1 fully saturated rings. The Balaban J connectivity index is 1.67. The SMILES string of the molecule is COc1ccnn2ccc(-c3cnc4nc(C)n(CC5COC5)c4c3)c12. The second kappa shape index (κ2) is 5.81. The summed E-state index contributed by atoms with van der Waals surface area (Å²) in [5.41, 5.74) is 4.83. The van der Waals surface area contributed by atoms with Crippen LogP contribution in [0.3, 0.4) is 0 Å². The molecule has 4 aromatic heterocycles. The van der Waals surface area contributed by atoms with Crippen LogP contribution in [0.5, 0.6) is 5.75 Å². The highest BCUT2D eigenvalue weighted by molar-refractivity contribution is 5.88. The minimum atomic E-state index is 0.550. The fraction of sp³-hybridized carbons (Fsp3) is 0.316. The number of aryl methyl sites for hydroxylation is 1. The van der Waals surface area contributed by atoms with E-state index in [-0.39, 0.29) is 0 Å². The zero-order valence-corrected chi connectivity index (χ0v) is 14.7. The molecule has 5 rings (SSSR count). The number of hydrogen-bond acceptors (Lipinski definition) is 5. The first-order chi connectivity index (χ1) is 12.7. The van der Waals surface area contributed by atoms with Crippen LogP contribution < -0.4 is 4.74 Å². The molecule has 0 spiro atoms. The van der Waals surface area contributed by atoms with Crippen molar-refractivity contribution in [1.29, 1.82) is 0 Å². The minimum Gasteiger partial charge on any atom is -0.494 e. The second-order valence-corrected chi connectivity index (χ2v) is 6.66. The lowest BCUT2D eigenvalue weighted by Gasteiger charge is -2.26. The number of fused-ring (bicyclic) bond motifs is 2. The summed E-state index contributed by atoms with van der Waals surface area (Å²) in [6.45, 7) is 4.58. The van der Waals surface area contributed by atoms with E-state index in [4.69, 9.17) is 9.47 Å². The maximum atomic E-state index is 5.53. The Hall–Kier alpha value is -2.93. The fourth-order valence-corrected chi connectivity index (χ4v) is 3.56. The highest BCUT2D eigenvalue weighted by atomic mass is 16.5. The summed E-state index contributed by atoms with van der Waals surface area (Å²) in [5, 5.41) is 4.36. The van der Waals surface area contributed by atoms with Gasteiger partial charge in [0.05, 0.1) is 32.0 Å². The summed E-state index contributed by atoms with van der Waals surface area (Å²) < 4.78 is 14.9. The Labute approximate surface area is 150 Å². The summed E-state index contributed by atoms with van der Waals surface area (Å²) in [4.78, 5) is 9.21. The van der Waals surface area contributed by atoms with Crippen molar-refractivity contribution in [2.75, 3.05) is 20.3 Å². The molecule has 4 aromatic rings. The third-order valence-corrected chi connectivity index (χ3v) is 4.99. The second-order valence-electron chi connectivity index (χ2n) is 6.66. The highest BCUT2D eigenvalue weighted by Crippen LogP contribution is 2.32. The van der Waals surface area contributed by atoms with Crippen LogP contribution in [0.25, 0.3) is 27.8 Å². The summed E-state index contributed by atoms with van der Waals surface area (Å²) >= 11 is 0. The summed E-state index contributed by atoms with van der Waals surface area (Å²) in [7, 11) is 1.67. The van der Waals surface area contributed by atoms with Gasteiger partial charge in [0, 0.05) is 42.0 Å². The molecule has 7 nitrogen and oxygen atoms in total. The third-order valence-electron chi connectivity index (χ3n) is 4.99. The van der Waals surface area contributed by atoms with Crippen molar-refractivity contribution in [2.24, 2.45) is 5.92 Å². The quantitative estimate of drug-likeness (QED) is 0.567. The van der Waals surface area contributed by atoms with E-state index in [1.807, 2.05) is 36.0 Å². The molecule has 0 saturated carbocycles. The van der Waals surface area contributed by atoms with Gasteiger partial charge >= 0.3 is 0 Å². The predicted molar refractivity (Wildman–Crippen MR) is 97.3 cm³/mol. The predicted octanol–water partition coefficient (Wildman–Crippen LogP) is 2.71. The Morgan fingerprint density at radius 3 is 2.96 bits per heavy atom. The largest absolute Gasteiger partial charge is 0.494 e. The molecule has 1 aliphatic heterocycles. The van der Waals surface area contributed by atoms with Gasteiger partial charge in [-0.05, 0) is 19.1 Å². The van der Waals surface area contributed by atoms with Gasteiger partial charge in [0.25, 0.3) is 0 Å². The average Bonchev–Trinajstić information content (AvgIpc) is 3.18. The van der Waals surface area contributed by atoms with Gasteiger partial charge in [0.15, 0.2) is 5.65 Å². The molecular weight excluding hydrogens is 330 g/mol. The first-order valence-corrected chi connectivity index (χ1v) is 8.66. The van der Waals surface area contributed by atoms with Crippen LogP contribution in [0.4, 0.5) is 0 Å². The molecule has 5 heterocycles. The van der Waals surface area contributed by atoms with Gasteiger partial charge in [-0.3, -0.25) is 0 Å². The molecule has 26 heavy (non-hydrogen) atoms. The lowest BCUT2D eigenvalue weighted by atomic mass is 10.1. The van der Waals surface area contributed by atoms with E-state index >= 15 is 0 Å². The number of aromatic nitrogens is 5. The van der Waals surface area contributed by atoms with E-state index in [0.717, 1.165) is 59.1 Å². The Morgan fingerprint density at radius 1 is 1.31 bits per heavy atom. The van der Waals surface area contributed by atoms with Gasteiger partial charge in [-0.25, -0.2) is 14.5 Å². The first-order valence-electron chi connectivity index (χ1n) is 8.66. The zero-order chi connectivity index (χ0) is 17.7. The number of imidazole rings is 1. The van der Waals surface area contributed by atoms with Crippen molar-refractivity contribution < 1.29 is 9.47 Å². The van der Waals surface area contributed by atoms with E-state index in [9.17, 15) is 0 Å². The summed E-state index contributed by atoms with van der Waals surface area (Å²) in [6, 6.07) is 6.07. The van der Waals surface area contributed by atoms with Crippen molar-refractivity contribution in [3.63, 3.8) is 0 Å². The topological polar surface area (TPSA) is 66.5 Å². The van der Waals surface area contributed by atoms with Gasteiger partial charge in [0.2, 0.25) is 0 Å². The van der Waals surface area contributed by atoms with Crippen LogP contribution in [0.1, 0.15) is 5.82 Å². The van der Waals surface area contributed by atoms with Gasteiger partial charge < -0.3 is 14.0 Å². The van der Waals surface area contributed by atoms with Crippen molar-refractivity contribution in [1.82, 2.24) is 24.1 Å². The molecule has 0 aromatic carbocycles. The van der Waals surface area contributed by atoms with Crippen LogP contribution >= 0.6 is 0 Å². The third kappa shape index (κ3) is 2.28. The molecule has 0 bridgehead atoms. The lowest BCUT2D eigenvalue weighted by molar-refractivity contribution is -0.0391. The van der Waals surface area contributed by atoms with Gasteiger partial charge in [-0.1, -0.05) is 0 Å². The Bertz CT molecular complexity index is 1110. The highest BCUT2D eigenvalue weighted by Gasteiger charge is 2.22. The van der Waals surface area contributed by atoms with Crippen LogP contribution in [0.15, 0.2) is 36.8 Å². The lowest BCUT2D eigenvalue weighted by Crippen LogP contribution is -2.31. The molecule has 1 saturated heterocycles. The Morgan fingerprint density at radius 2 is 2.19 bits per heavy atom. The van der Waals surface area contributed by atoms with Gasteiger partial charge in [-0.2, -0.15) is 5.10 Å². The summed E-state index contributed by atoms with van der Waals surface area (Å²) in [5.74, 6) is 2.32. The van der Waals surface area contributed by atoms with E-state index in [0.29, 0.717) is 5.92 Å². The fourth-order valence-electron chi connectivity index (χ4n) is 3.56. The molecule has 132 valence electrons. The smallest absolute Gasteiger partial charge is 0.177 e. The average molecular weight is 349 g/mol. The van der Waals surface area contributed by atoms with Crippen molar-refractivity contribution in [3.05, 3.63) is 42.6 Å². The summed E-state index contributed by atoms with van der Waals surface area (Å²) in [6.07, 6.45) is 5.54. The van der Waals surface area contributed by atoms with Crippen molar-refractivity contribution >= 4 is 16.7 Å². The molecule has 0 amide bonds. The number of hydrogen-bond donors (Lipinski definition) is 0. The van der Waals surface area contributed by atoms with E-state index in [2.05, 4.69) is 25.7 Å². The van der Waals surface area contributed by atoms with Crippen LogP contribution in [-0.4, -0.2) is 44.5 Å². The normalized spacial score (nSPS) is 14.8. The molecule has 0 radical (unpaired) electrons. The molecule has 0 aliphatic carbocycles. The van der Waals surface area contributed by atoms with Gasteiger partial charge in [0.1, 0.15) is 17.1 Å². The number of pyridine rings is 1. The van der Waals surface area contributed by atoms with Crippen LogP contribution in [0.2, 0.25) is 0 Å². The molecule has 0 atom stereocenters. The minimum absolute atomic E-state index is 0.550. The molecular formula is C19H19N5O2. The van der Waals surface area contributed by atoms with E-state index < -0.39 is 0 Å². The maximum Gasteiger partial charge on any atom is 0.177 e. The van der Waals surface area contributed by atoms with Crippen molar-refractivity contribution in [3.8, 4) is 16.9 Å². The first kappa shape index (κ1) is 15.3. The van der Waals surface area contributed by atoms with E-state index in [1.54, 1.807) is 13.3 Å². The van der Waals surface area contributed by atoms with E-state index in [1.165, 1.54) is 0 Å². The maximum absolute atomic E-state index is 5.53. The number of methoxy groups -OCH3 is 1. The van der Waals surface area contributed by atoms with Crippen LogP contribution in [-0.2, 0) is 11.3 Å². The Kier molecular flexibility index (Phi) is 3.43. The number of rotatable bonds is 4. The number of nitrogens with zero attached hydrogens (tertiary/aromatic N) is 5. The molecule has 1 aliphatic rings.